The Labute approximate surface area is 125 Å². The minimum Gasteiger partial charge on any atom is -0.370 e. The highest BCUT2D eigenvalue weighted by Crippen LogP contribution is 2.21. The van der Waals surface area contributed by atoms with Crippen LogP contribution in [0.4, 0.5) is 0 Å². The van der Waals surface area contributed by atoms with Crippen LogP contribution < -0.4 is 5.73 Å². The van der Waals surface area contributed by atoms with Gasteiger partial charge in [0.1, 0.15) is 0 Å². The van der Waals surface area contributed by atoms with Gasteiger partial charge in [0.05, 0.1) is 0 Å². The van der Waals surface area contributed by atoms with Gasteiger partial charge in [0, 0.05) is 25.6 Å². The molecule has 0 aliphatic carbocycles. The van der Waals surface area contributed by atoms with Crippen molar-refractivity contribution in [2.75, 3.05) is 13.1 Å². The van der Waals surface area contributed by atoms with Crippen molar-refractivity contribution < 1.29 is 9.59 Å². The van der Waals surface area contributed by atoms with E-state index >= 15 is 0 Å². The number of hydrogen-bond donors (Lipinski definition) is 1. The molecule has 0 spiro atoms. The highest BCUT2D eigenvalue weighted by Gasteiger charge is 2.22. The van der Waals surface area contributed by atoms with Crippen LogP contribution >= 0.6 is 0 Å². The summed E-state index contributed by atoms with van der Waals surface area (Å²) in [5, 5.41) is 0. The zero-order valence-electron chi connectivity index (χ0n) is 12.4. The maximum Gasteiger partial charge on any atom is 0.246 e. The molecule has 0 radical (unpaired) electrons. The average Bonchev–Trinajstić information content (AvgIpc) is 2.48. The number of carbonyl (C=O) groups excluding carboxylic acids is 2. The number of nitrogens with two attached hydrogens (primary N) is 1. The fraction of sp³-hybridized carbons (Fsp3) is 0.412. The van der Waals surface area contributed by atoms with Crippen LogP contribution in [0.3, 0.4) is 0 Å². The van der Waals surface area contributed by atoms with Crippen LogP contribution in [0.15, 0.2) is 36.4 Å². The first-order chi connectivity index (χ1) is 10.1. The summed E-state index contributed by atoms with van der Waals surface area (Å²) >= 11 is 0. The molecule has 0 atom stereocenters. The van der Waals surface area contributed by atoms with E-state index in [2.05, 4.69) is 0 Å². The molecule has 2 rings (SSSR count). The second-order valence-electron chi connectivity index (χ2n) is 5.63. The monoisotopic (exact) mass is 286 g/mol. The molecule has 4 nitrogen and oxygen atoms in total. The predicted octanol–water partition coefficient (Wildman–Crippen LogP) is 2.20. The highest BCUT2D eigenvalue weighted by molar-refractivity contribution is 5.94. The molecular formula is C17H22N2O2. The van der Waals surface area contributed by atoms with Crippen molar-refractivity contribution in [3.05, 3.63) is 42.0 Å². The molecule has 1 saturated heterocycles. The molecule has 112 valence electrons. The lowest BCUT2D eigenvalue weighted by atomic mass is 9.93. The summed E-state index contributed by atoms with van der Waals surface area (Å²) in [6.45, 7) is 3.36. The topological polar surface area (TPSA) is 63.4 Å². The Morgan fingerprint density at radius 1 is 1.24 bits per heavy atom. The molecule has 0 bridgehead atoms. The normalized spacial score (nSPS) is 16.8. The fourth-order valence-corrected chi connectivity index (χ4v) is 2.70. The van der Waals surface area contributed by atoms with Crippen LogP contribution in [-0.2, 0) is 9.59 Å². The second kappa shape index (κ2) is 7.07. The zero-order chi connectivity index (χ0) is 15.2. The summed E-state index contributed by atoms with van der Waals surface area (Å²) in [5.41, 5.74) is 7.26. The number of hydrogen-bond acceptors (Lipinski definition) is 2. The van der Waals surface area contributed by atoms with Gasteiger partial charge in [-0.15, -0.1) is 0 Å². The number of benzene rings is 1. The number of likely N-dealkylation sites (tertiary alicyclic amines) is 1. The van der Waals surface area contributed by atoms with Gasteiger partial charge >= 0.3 is 0 Å². The quantitative estimate of drug-likeness (QED) is 0.862. The van der Waals surface area contributed by atoms with Gasteiger partial charge in [-0.3, -0.25) is 9.59 Å². The molecule has 21 heavy (non-hydrogen) atoms. The third-order valence-electron chi connectivity index (χ3n) is 3.99. The molecule has 1 aliphatic heterocycles. The Balaban J connectivity index is 1.92. The van der Waals surface area contributed by atoms with Crippen molar-refractivity contribution in [3.8, 4) is 0 Å². The van der Waals surface area contributed by atoms with Crippen molar-refractivity contribution in [2.24, 2.45) is 11.7 Å². The fourth-order valence-electron chi connectivity index (χ4n) is 2.70. The van der Waals surface area contributed by atoms with Crippen LogP contribution in [0.5, 0.6) is 0 Å². The maximum atomic E-state index is 12.3. The van der Waals surface area contributed by atoms with Crippen LogP contribution in [0.1, 0.15) is 31.7 Å². The van der Waals surface area contributed by atoms with Gasteiger partial charge in [-0.2, -0.15) is 0 Å². The first-order valence-electron chi connectivity index (χ1n) is 7.37. The van der Waals surface area contributed by atoms with Crippen LogP contribution in [0.25, 0.3) is 5.57 Å². The summed E-state index contributed by atoms with van der Waals surface area (Å²) in [5.74, 6) is 0.124. The van der Waals surface area contributed by atoms with Crippen LogP contribution in [0.2, 0.25) is 0 Å². The van der Waals surface area contributed by atoms with E-state index in [1.165, 1.54) is 0 Å². The first-order valence-corrected chi connectivity index (χ1v) is 7.37. The van der Waals surface area contributed by atoms with Gasteiger partial charge in [-0.05, 0) is 36.8 Å². The lowest BCUT2D eigenvalue weighted by Crippen LogP contribution is -2.38. The number of rotatable bonds is 4. The molecule has 0 saturated carbocycles. The highest BCUT2D eigenvalue weighted by atomic mass is 16.2. The van der Waals surface area contributed by atoms with Gasteiger partial charge in [0.2, 0.25) is 11.8 Å². The van der Waals surface area contributed by atoms with Gasteiger partial charge in [-0.25, -0.2) is 0 Å². The van der Waals surface area contributed by atoms with E-state index in [9.17, 15) is 9.59 Å². The summed E-state index contributed by atoms with van der Waals surface area (Å²) in [6.07, 6.45) is 3.84. The Bertz CT molecular complexity index is 529. The van der Waals surface area contributed by atoms with E-state index in [1.807, 2.05) is 42.2 Å². The minimum absolute atomic E-state index is 0.0499. The molecule has 2 amide bonds. The average molecular weight is 286 g/mol. The SMILES string of the molecule is CC(=CC(=O)N1CCC(CC(N)=O)CC1)c1ccccc1. The second-order valence-corrected chi connectivity index (χ2v) is 5.63. The number of primary amides is 1. The maximum absolute atomic E-state index is 12.3. The van der Waals surface area contributed by atoms with Crippen molar-refractivity contribution in [1.82, 2.24) is 4.90 Å². The van der Waals surface area contributed by atoms with E-state index in [4.69, 9.17) is 5.73 Å². The molecule has 0 unspecified atom stereocenters. The molecule has 1 aromatic rings. The number of piperidine rings is 1. The standard InChI is InChI=1S/C17H22N2O2/c1-13(15-5-3-2-4-6-15)11-17(21)19-9-7-14(8-10-19)12-16(18)20/h2-6,11,14H,7-10,12H2,1H3,(H2,18,20). The molecule has 1 aliphatic rings. The van der Waals surface area contributed by atoms with E-state index < -0.39 is 0 Å². The molecular weight excluding hydrogens is 264 g/mol. The van der Waals surface area contributed by atoms with Gasteiger partial charge in [0.15, 0.2) is 0 Å². The Morgan fingerprint density at radius 3 is 2.43 bits per heavy atom. The third-order valence-corrected chi connectivity index (χ3v) is 3.99. The van der Waals surface area contributed by atoms with E-state index in [-0.39, 0.29) is 11.8 Å². The molecule has 1 fully saturated rings. The van der Waals surface area contributed by atoms with E-state index in [0.29, 0.717) is 25.4 Å². The molecule has 1 heterocycles. The number of nitrogens with zero attached hydrogens (tertiary/aromatic N) is 1. The van der Waals surface area contributed by atoms with E-state index in [0.717, 1.165) is 24.0 Å². The molecule has 4 heteroatoms. The van der Waals surface area contributed by atoms with Gasteiger partial charge < -0.3 is 10.6 Å². The van der Waals surface area contributed by atoms with Gasteiger partial charge in [0.25, 0.3) is 0 Å². The smallest absolute Gasteiger partial charge is 0.246 e. The third kappa shape index (κ3) is 4.45. The first kappa shape index (κ1) is 15.3. The molecule has 2 N–H and O–H groups in total. The Morgan fingerprint density at radius 2 is 1.86 bits per heavy atom. The zero-order valence-corrected chi connectivity index (χ0v) is 12.4. The van der Waals surface area contributed by atoms with E-state index in [1.54, 1.807) is 6.08 Å². The number of amides is 2. The largest absolute Gasteiger partial charge is 0.370 e. The Kier molecular flexibility index (Phi) is 5.14. The van der Waals surface area contributed by atoms with Crippen LogP contribution in [-0.4, -0.2) is 29.8 Å². The van der Waals surface area contributed by atoms with Crippen molar-refractivity contribution >= 4 is 17.4 Å². The lowest BCUT2D eigenvalue weighted by Gasteiger charge is -2.31. The summed E-state index contributed by atoms with van der Waals surface area (Å²) in [4.78, 5) is 25.0. The predicted molar refractivity (Wildman–Crippen MR) is 83.2 cm³/mol. The van der Waals surface area contributed by atoms with Crippen LogP contribution in [0, 0.1) is 5.92 Å². The molecule has 0 aromatic heterocycles. The summed E-state index contributed by atoms with van der Waals surface area (Å²) in [6, 6.07) is 9.89. The lowest BCUT2D eigenvalue weighted by molar-refractivity contribution is -0.127. The number of carbonyl (C=O) groups is 2. The van der Waals surface area contributed by atoms with Crippen molar-refractivity contribution in [3.63, 3.8) is 0 Å². The van der Waals surface area contributed by atoms with Crippen molar-refractivity contribution in [2.45, 2.75) is 26.2 Å². The minimum atomic E-state index is -0.250. The van der Waals surface area contributed by atoms with Gasteiger partial charge in [-0.1, -0.05) is 30.3 Å². The number of allylic oxidation sites excluding steroid dienone is 1. The summed E-state index contributed by atoms with van der Waals surface area (Å²) < 4.78 is 0. The Hall–Kier alpha value is -2.10. The van der Waals surface area contributed by atoms with Crippen molar-refractivity contribution in [1.29, 1.82) is 0 Å². The molecule has 1 aromatic carbocycles. The summed E-state index contributed by atoms with van der Waals surface area (Å²) in [7, 11) is 0.